The highest BCUT2D eigenvalue weighted by molar-refractivity contribution is 5.89. The highest BCUT2D eigenvalue weighted by Crippen LogP contribution is 2.23. The molecule has 0 saturated heterocycles. The SMILES string of the molecule is COc1cc(CNC(=O)c2nc(-c3cccc(OC)c3)no2)cc(OC)c1. The third kappa shape index (κ3) is 4.35. The Hall–Kier alpha value is -3.55. The largest absolute Gasteiger partial charge is 0.497 e. The van der Waals surface area contributed by atoms with Gasteiger partial charge in [0.15, 0.2) is 0 Å². The first-order valence-corrected chi connectivity index (χ1v) is 8.11. The number of ether oxygens (including phenoxy) is 3. The zero-order valence-electron chi connectivity index (χ0n) is 15.2. The van der Waals surface area contributed by atoms with Gasteiger partial charge in [0.25, 0.3) is 0 Å². The number of carbonyl (C=O) groups excluding carboxylic acids is 1. The first-order chi connectivity index (χ1) is 13.1. The highest BCUT2D eigenvalue weighted by Gasteiger charge is 2.16. The van der Waals surface area contributed by atoms with Gasteiger partial charge in [-0.25, -0.2) is 0 Å². The molecule has 140 valence electrons. The molecule has 0 radical (unpaired) electrons. The number of carbonyl (C=O) groups is 1. The molecule has 1 N–H and O–H groups in total. The summed E-state index contributed by atoms with van der Waals surface area (Å²) in [5.74, 6) is 1.65. The second-order valence-corrected chi connectivity index (χ2v) is 5.56. The molecule has 3 aromatic rings. The fourth-order valence-corrected chi connectivity index (χ4v) is 2.42. The normalized spacial score (nSPS) is 10.3. The van der Waals surface area contributed by atoms with Crippen molar-refractivity contribution in [2.75, 3.05) is 21.3 Å². The van der Waals surface area contributed by atoms with E-state index >= 15 is 0 Å². The first-order valence-electron chi connectivity index (χ1n) is 8.11. The minimum absolute atomic E-state index is 0.123. The molecule has 0 bridgehead atoms. The number of methoxy groups -OCH3 is 3. The second kappa shape index (κ2) is 8.22. The topological polar surface area (TPSA) is 95.7 Å². The van der Waals surface area contributed by atoms with E-state index in [0.717, 1.165) is 5.56 Å². The maximum atomic E-state index is 12.3. The predicted octanol–water partition coefficient (Wildman–Crippen LogP) is 2.69. The fourth-order valence-electron chi connectivity index (χ4n) is 2.42. The van der Waals surface area contributed by atoms with Crippen molar-refractivity contribution in [1.29, 1.82) is 0 Å². The van der Waals surface area contributed by atoms with Crippen LogP contribution in [-0.2, 0) is 6.54 Å². The van der Waals surface area contributed by atoms with Gasteiger partial charge in [0.2, 0.25) is 5.82 Å². The van der Waals surface area contributed by atoms with Gasteiger partial charge >= 0.3 is 11.8 Å². The molecule has 2 aromatic carbocycles. The molecule has 1 heterocycles. The summed E-state index contributed by atoms with van der Waals surface area (Å²) >= 11 is 0. The van der Waals surface area contributed by atoms with Crippen LogP contribution >= 0.6 is 0 Å². The van der Waals surface area contributed by atoms with Crippen molar-refractivity contribution in [2.24, 2.45) is 0 Å². The molecule has 3 rings (SSSR count). The number of aromatic nitrogens is 2. The van der Waals surface area contributed by atoms with Crippen molar-refractivity contribution >= 4 is 5.91 Å². The molecule has 1 amide bonds. The van der Waals surface area contributed by atoms with Crippen molar-refractivity contribution < 1.29 is 23.5 Å². The number of nitrogens with zero attached hydrogens (tertiary/aromatic N) is 2. The van der Waals surface area contributed by atoms with Crippen LogP contribution in [0.3, 0.4) is 0 Å². The van der Waals surface area contributed by atoms with Crippen LogP contribution < -0.4 is 19.5 Å². The van der Waals surface area contributed by atoms with Crippen LogP contribution in [0.5, 0.6) is 17.2 Å². The van der Waals surface area contributed by atoms with Gasteiger partial charge in [-0.2, -0.15) is 4.98 Å². The van der Waals surface area contributed by atoms with Crippen molar-refractivity contribution in [3.8, 4) is 28.6 Å². The monoisotopic (exact) mass is 369 g/mol. The van der Waals surface area contributed by atoms with Crippen molar-refractivity contribution in [1.82, 2.24) is 15.5 Å². The number of hydrogen-bond acceptors (Lipinski definition) is 7. The molecular formula is C19H19N3O5. The Labute approximate surface area is 156 Å². The summed E-state index contributed by atoms with van der Waals surface area (Å²) < 4.78 is 20.7. The van der Waals surface area contributed by atoms with Gasteiger partial charge < -0.3 is 24.1 Å². The Morgan fingerprint density at radius 2 is 1.70 bits per heavy atom. The third-order valence-corrected chi connectivity index (χ3v) is 3.81. The summed E-state index contributed by atoms with van der Waals surface area (Å²) in [6.07, 6.45) is 0. The first kappa shape index (κ1) is 18.2. The Morgan fingerprint density at radius 1 is 1.00 bits per heavy atom. The van der Waals surface area contributed by atoms with E-state index in [1.54, 1.807) is 63.8 Å². The van der Waals surface area contributed by atoms with E-state index in [2.05, 4.69) is 15.5 Å². The van der Waals surface area contributed by atoms with Gasteiger partial charge in [0, 0.05) is 18.2 Å². The van der Waals surface area contributed by atoms with E-state index in [4.69, 9.17) is 18.7 Å². The summed E-state index contributed by atoms with van der Waals surface area (Å²) in [6, 6.07) is 12.5. The number of amides is 1. The smallest absolute Gasteiger partial charge is 0.316 e. The highest BCUT2D eigenvalue weighted by atomic mass is 16.5. The lowest BCUT2D eigenvalue weighted by Gasteiger charge is -2.08. The maximum Gasteiger partial charge on any atom is 0.316 e. The zero-order chi connectivity index (χ0) is 19.2. The summed E-state index contributed by atoms with van der Waals surface area (Å²) in [4.78, 5) is 16.4. The molecule has 0 aliphatic carbocycles. The molecular weight excluding hydrogens is 350 g/mol. The minimum atomic E-state index is -0.474. The molecule has 0 aliphatic rings. The van der Waals surface area contributed by atoms with Crippen LogP contribution in [0.1, 0.15) is 16.2 Å². The molecule has 8 nitrogen and oxygen atoms in total. The molecule has 0 fully saturated rings. The van der Waals surface area contributed by atoms with Gasteiger partial charge in [-0.3, -0.25) is 4.79 Å². The summed E-state index contributed by atoms with van der Waals surface area (Å²) in [5, 5.41) is 6.58. The predicted molar refractivity (Wildman–Crippen MR) is 97.0 cm³/mol. The molecule has 27 heavy (non-hydrogen) atoms. The van der Waals surface area contributed by atoms with Crippen LogP contribution in [0.25, 0.3) is 11.4 Å². The average Bonchev–Trinajstić information content (AvgIpc) is 3.22. The quantitative estimate of drug-likeness (QED) is 0.684. The van der Waals surface area contributed by atoms with Crippen LogP contribution in [0.2, 0.25) is 0 Å². The Kier molecular flexibility index (Phi) is 5.55. The van der Waals surface area contributed by atoms with Crippen molar-refractivity contribution in [2.45, 2.75) is 6.54 Å². The molecule has 0 aliphatic heterocycles. The lowest BCUT2D eigenvalue weighted by molar-refractivity contribution is 0.0907. The Morgan fingerprint density at radius 3 is 2.37 bits per heavy atom. The lowest BCUT2D eigenvalue weighted by atomic mass is 10.2. The molecule has 0 spiro atoms. The zero-order valence-corrected chi connectivity index (χ0v) is 15.2. The van der Waals surface area contributed by atoms with E-state index in [1.165, 1.54) is 0 Å². The average molecular weight is 369 g/mol. The van der Waals surface area contributed by atoms with Gasteiger partial charge in [0.1, 0.15) is 17.2 Å². The van der Waals surface area contributed by atoms with Gasteiger partial charge in [-0.05, 0) is 29.8 Å². The molecule has 0 saturated carbocycles. The maximum absolute atomic E-state index is 12.3. The summed E-state index contributed by atoms with van der Waals surface area (Å²) in [7, 11) is 4.70. The molecule has 0 unspecified atom stereocenters. The van der Waals surface area contributed by atoms with Gasteiger partial charge in [0.05, 0.1) is 21.3 Å². The van der Waals surface area contributed by atoms with E-state index in [1.807, 2.05) is 0 Å². The van der Waals surface area contributed by atoms with Gasteiger partial charge in [-0.15, -0.1) is 0 Å². The number of hydrogen-bond donors (Lipinski definition) is 1. The van der Waals surface area contributed by atoms with Crippen LogP contribution in [0.15, 0.2) is 47.0 Å². The Balaban J connectivity index is 1.69. The van der Waals surface area contributed by atoms with Crippen molar-refractivity contribution in [3.63, 3.8) is 0 Å². The summed E-state index contributed by atoms with van der Waals surface area (Å²) in [5.41, 5.74) is 1.50. The van der Waals surface area contributed by atoms with E-state index in [9.17, 15) is 4.79 Å². The van der Waals surface area contributed by atoms with Crippen molar-refractivity contribution in [3.05, 3.63) is 53.9 Å². The number of rotatable bonds is 7. The molecule has 1 aromatic heterocycles. The van der Waals surface area contributed by atoms with Crippen LogP contribution in [-0.4, -0.2) is 37.4 Å². The molecule has 8 heteroatoms. The fraction of sp³-hybridized carbons (Fsp3) is 0.211. The minimum Gasteiger partial charge on any atom is -0.497 e. The lowest BCUT2D eigenvalue weighted by Crippen LogP contribution is -2.23. The number of nitrogens with one attached hydrogen (secondary N) is 1. The third-order valence-electron chi connectivity index (χ3n) is 3.81. The van der Waals surface area contributed by atoms with Crippen LogP contribution in [0, 0.1) is 0 Å². The van der Waals surface area contributed by atoms with E-state index < -0.39 is 5.91 Å². The van der Waals surface area contributed by atoms with E-state index in [-0.39, 0.29) is 12.4 Å². The van der Waals surface area contributed by atoms with E-state index in [0.29, 0.717) is 28.6 Å². The molecule has 0 atom stereocenters. The standard InChI is InChI=1S/C19H19N3O5/c1-24-14-6-4-5-13(9-14)17-21-19(27-22-17)18(23)20-11-12-7-15(25-2)10-16(8-12)26-3/h4-10H,11H2,1-3H3,(H,20,23). The van der Waals surface area contributed by atoms with Crippen LogP contribution in [0.4, 0.5) is 0 Å². The summed E-state index contributed by atoms with van der Waals surface area (Å²) in [6.45, 7) is 0.253. The van der Waals surface area contributed by atoms with Gasteiger partial charge in [-0.1, -0.05) is 17.3 Å². The number of benzene rings is 2. The second-order valence-electron chi connectivity index (χ2n) is 5.56. The Bertz CT molecular complexity index is 916.